The first-order valence-electron chi connectivity index (χ1n) is 6.74. The van der Waals surface area contributed by atoms with E-state index in [1.165, 1.54) is 11.8 Å². The number of aliphatic carboxylic acids is 1. The molecule has 0 bridgehead atoms. The Balaban J connectivity index is 1.95. The number of nitrogens with one attached hydrogen (secondary N) is 1. The van der Waals surface area contributed by atoms with E-state index in [0.29, 0.717) is 11.4 Å². The molecule has 0 spiro atoms. The summed E-state index contributed by atoms with van der Waals surface area (Å²) in [5.41, 5.74) is 1.66. The van der Waals surface area contributed by atoms with Crippen molar-refractivity contribution in [3.8, 4) is 0 Å². The fourth-order valence-corrected chi connectivity index (χ4v) is 2.56. The van der Waals surface area contributed by atoms with Crippen LogP contribution in [0.15, 0.2) is 42.7 Å². The Morgan fingerprint density at radius 3 is 2.91 bits per heavy atom. The third-order valence-electron chi connectivity index (χ3n) is 2.99. The van der Waals surface area contributed by atoms with Gasteiger partial charge in [-0.25, -0.2) is 0 Å². The van der Waals surface area contributed by atoms with E-state index in [2.05, 4.69) is 10.4 Å². The van der Waals surface area contributed by atoms with Crippen LogP contribution < -0.4 is 5.32 Å². The summed E-state index contributed by atoms with van der Waals surface area (Å²) in [5.74, 6) is -0.334. The molecule has 1 unspecified atom stereocenters. The van der Waals surface area contributed by atoms with Crippen molar-refractivity contribution in [2.45, 2.75) is 18.7 Å². The molecule has 0 aliphatic heterocycles. The van der Waals surface area contributed by atoms with Gasteiger partial charge in [-0.2, -0.15) is 5.10 Å². The Kier molecular flexibility index (Phi) is 5.60. The molecule has 0 fully saturated rings. The molecule has 6 nitrogen and oxygen atoms in total. The van der Waals surface area contributed by atoms with Crippen LogP contribution >= 0.6 is 11.8 Å². The summed E-state index contributed by atoms with van der Waals surface area (Å²) in [6.45, 7) is 1.77. The van der Waals surface area contributed by atoms with Gasteiger partial charge in [0.25, 0.3) is 0 Å². The van der Waals surface area contributed by atoms with E-state index in [4.69, 9.17) is 5.11 Å². The quantitative estimate of drug-likeness (QED) is 0.818. The largest absolute Gasteiger partial charge is 0.481 e. The van der Waals surface area contributed by atoms with Gasteiger partial charge in [-0.05, 0) is 30.7 Å². The fourth-order valence-electron chi connectivity index (χ4n) is 1.87. The lowest BCUT2D eigenvalue weighted by atomic mass is 10.2. The molecular weight excluding hydrogens is 302 g/mol. The molecule has 1 amide bonds. The Hall–Kier alpha value is -2.28. The molecule has 1 aromatic heterocycles. The van der Waals surface area contributed by atoms with E-state index in [9.17, 15) is 9.59 Å². The van der Waals surface area contributed by atoms with Crippen molar-refractivity contribution in [3.63, 3.8) is 0 Å². The number of hydrogen-bond donors (Lipinski definition) is 2. The average Bonchev–Trinajstić information content (AvgIpc) is 3.00. The normalized spacial score (nSPS) is 11.9. The van der Waals surface area contributed by atoms with Crippen LogP contribution in [0, 0.1) is 0 Å². The monoisotopic (exact) mass is 319 g/mol. The number of carboxylic acid groups (broad SMARTS) is 1. The van der Waals surface area contributed by atoms with Gasteiger partial charge in [-0.1, -0.05) is 12.1 Å². The first-order valence-corrected chi connectivity index (χ1v) is 7.90. The fraction of sp³-hybridized carbons (Fsp3) is 0.267. The second-order valence-corrected chi connectivity index (χ2v) is 5.72. The molecule has 116 valence electrons. The number of amides is 1. The van der Waals surface area contributed by atoms with Crippen molar-refractivity contribution in [2.75, 3.05) is 11.1 Å². The van der Waals surface area contributed by atoms with Gasteiger partial charge in [-0.3, -0.25) is 14.3 Å². The number of nitrogens with zero attached hydrogens (tertiary/aromatic N) is 2. The number of carbonyl (C=O) groups excluding carboxylic acids is 1. The molecule has 2 N–H and O–H groups in total. The highest BCUT2D eigenvalue weighted by Crippen LogP contribution is 2.17. The van der Waals surface area contributed by atoms with E-state index in [-0.39, 0.29) is 11.7 Å². The van der Waals surface area contributed by atoms with Crippen molar-refractivity contribution in [3.05, 3.63) is 48.3 Å². The predicted molar refractivity (Wildman–Crippen MR) is 85.8 cm³/mol. The molecule has 0 saturated carbocycles. The minimum Gasteiger partial charge on any atom is -0.481 e. The third-order valence-corrected chi connectivity index (χ3v) is 3.98. The predicted octanol–water partition coefficient (Wildman–Crippen LogP) is 2.40. The minimum atomic E-state index is -0.831. The number of rotatable bonds is 7. The number of hydrogen-bond acceptors (Lipinski definition) is 4. The molecule has 22 heavy (non-hydrogen) atoms. The van der Waals surface area contributed by atoms with Crippen LogP contribution in [-0.4, -0.2) is 32.5 Å². The highest BCUT2D eigenvalue weighted by atomic mass is 32.2. The first kappa shape index (κ1) is 16.1. The second-order valence-electron chi connectivity index (χ2n) is 4.74. The number of anilines is 1. The van der Waals surface area contributed by atoms with E-state index < -0.39 is 12.0 Å². The zero-order valence-corrected chi connectivity index (χ0v) is 12.9. The lowest BCUT2D eigenvalue weighted by Gasteiger charge is -2.13. The van der Waals surface area contributed by atoms with Gasteiger partial charge in [0.15, 0.2) is 0 Å². The van der Waals surface area contributed by atoms with E-state index in [0.717, 1.165) is 5.56 Å². The van der Waals surface area contributed by atoms with E-state index in [1.54, 1.807) is 36.1 Å². The Labute approximate surface area is 132 Å². The SMILES string of the molecule is CC(C(=O)Nc1cccc(CSCC(=O)O)c1)n1cccn1. The van der Waals surface area contributed by atoms with Crippen LogP contribution in [0.5, 0.6) is 0 Å². The smallest absolute Gasteiger partial charge is 0.313 e. The lowest BCUT2D eigenvalue weighted by Crippen LogP contribution is -2.24. The Bertz CT molecular complexity index is 643. The van der Waals surface area contributed by atoms with Gasteiger partial charge in [0, 0.05) is 23.8 Å². The second kappa shape index (κ2) is 7.65. The van der Waals surface area contributed by atoms with Crippen molar-refractivity contribution >= 4 is 29.3 Å². The summed E-state index contributed by atoms with van der Waals surface area (Å²) in [5, 5.41) is 15.5. The van der Waals surface area contributed by atoms with Crippen LogP contribution in [0.2, 0.25) is 0 Å². The highest BCUT2D eigenvalue weighted by Gasteiger charge is 2.15. The Morgan fingerprint density at radius 1 is 1.41 bits per heavy atom. The van der Waals surface area contributed by atoms with Gasteiger partial charge in [0.2, 0.25) is 5.91 Å². The van der Waals surface area contributed by atoms with Crippen molar-refractivity contribution in [1.82, 2.24) is 9.78 Å². The van der Waals surface area contributed by atoms with Crippen LogP contribution in [0.4, 0.5) is 5.69 Å². The average molecular weight is 319 g/mol. The van der Waals surface area contributed by atoms with Gasteiger partial charge >= 0.3 is 5.97 Å². The molecular formula is C15H17N3O3S. The molecule has 1 aromatic carbocycles. The number of carbonyl (C=O) groups is 2. The van der Waals surface area contributed by atoms with Crippen LogP contribution in [0.1, 0.15) is 18.5 Å². The van der Waals surface area contributed by atoms with Crippen molar-refractivity contribution in [2.24, 2.45) is 0 Å². The maximum absolute atomic E-state index is 12.2. The summed E-state index contributed by atoms with van der Waals surface area (Å²) >= 11 is 1.32. The third kappa shape index (κ3) is 4.63. The van der Waals surface area contributed by atoms with Crippen LogP contribution in [0.3, 0.4) is 0 Å². The molecule has 1 atom stereocenters. The van der Waals surface area contributed by atoms with Crippen LogP contribution in [0.25, 0.3) is 0 Å². The summed E-state index contributed by atoms with van der Waals surface area (Å²) in [7, 11) is 0. The zero-order chi connectivity index (χ0) is 15.9. The van der Waals surface area contributed by atoms with Crippen LogP contribution in [-0.2, 0) is 15.3 Å². The topological polar surface area (TPSA) is 84.2 Å². The summed E-state index contributed by atoms with van der Waals surface area (Å²) in [6.07, 6.45) is 3.37. The number of aromatic nitrogens is 2. The maximum Gasteiger partial charge on any atom is 0.313 e. The van der Waals surface area contributed by atoms with Gasteiger partial charge < -0.3 is 10.4 Å². The molecule has 7 heteroatoms. The number of benzene rings is 1. The first-order chi connectivity index (χ1) is 10.6. The molecule has 0 radical (unpaired) electrons. The number of carboxylic acids is 1. The maximum atomic E-state index is 12.2. The minimum absolute atomic E-state index is 0.0624. The summed E-state index contributed by atoms with van der Waals surface area (Å²) in [4.78, 5) is 22.7. The number of thioether (sulfide) groups is 1. The molecule has 1 heterocycles. The summed E-state index contributed by atoms with van der Waals surface area (Å²) < 4.78 is 1.59. The molecule has 2 rings (SSSR count). The van der Waals surface area contributed by atoms with E-state index in [1.807, 2.05) is 18.2 Å². The standard InChI is InChI=1S/C15H17N3O3S/c1-11(18-7-3-6-16-18)15(21)17-13-5-2-4-12(8-13)9-22-10-14(19)20/h2-8,11H,9-10H2,1H3,(H,17,21)(H,19,20). The molecule has 0 aliphatic carbocycles. The van der Waals surface area contributed by atoms with E-state index >= 15 is 0 Å². The Morgan fingerprint density at radius 2 is 2.23 bits per heavy atom. The lowest BCUT2D eigenvalue weighted by molar-refractivity contribution is -0.133. The van der Waals surface area contributed by atoms with Crippen molar-refractivity contribution < 1.29 is 14.7 Å². The molecule has 2 aromatic rings. The zero-order valence-electron chi connectivity index (χ0n) is 12.1. The summed E-state index contributed by atoms with van der Waals surface area (Å²) in [6, 6.07) is 8.76. The van der Waals surface area contributed by atoms with Gasteiger partial charge in [0.1, 0.15) is 6.04 Å². The van der Waals surface area contributed by atoms with Gasteiger partial charge in [0.05, 0.1) is 5.75 Å². The van der Waals surface area contributed by atoms with Gasteiger partial charge in [-0.15, -0.1) is 11.8 Å². The highest BCUT2D eigenvalue weighted by molar-refractivity contribution is 7.99. The molecule has 0 aliphatic rings. The molecule has 0 saturated heterocycles. The van der Waals surface area contributed by atoms with Crippen molar-refractivity contribution in [1.29, 1.82) is 0 Å².